The van der Waals surface area contributed by atoms with Crippen LogP contribution in [0.3, 0.4) is 0 Å². The molecule has 0 aromatic heterocycles. The lowest BCUT2D eigenvalue weighted by Crippen LogP contribution is -2.24. The Kier molecular flexibility index (Phi) is 9.46. The molecule has 0 saturated heterocycles. The van der Waals surface area contributed by atoms with Gasteiger partial charge in [0.1, 0.15) is 0 Å². The van der Waals surface area contributed by atoms with Crippen molar-refractivity contribution in [3.8, 4) is 0 Å². The summed E-state index contributed by atoms with van der Waals surface area (Å²) in [5, 5.41) is 3.29. The SMILES string of the molecule is C/C=C\S/C(=C\C)CN(Cc1cccc(CN)c1)Cc1ccc(Cl)c(Cl)c1. The van der Waals surface area contributed by atoms with E-state index < -0.39 is 0 Å². The van der Waals surface area contributed by atoms with Crippen LogP contribution in [-0.4, -0.2) is 11.4 Å². The summed E-state index contributed by atoms with van der Waals surface area (Å²) < 4.78 is 0. The molecule has 0 unspecified atom stereocenters. The topological polar surface area (TPSA) is 29.3 Å². The molecule has 0 aliphatic heterocycles. The molecule has 0 saturated carbocycles. The van der Waals surface area contributed by atoms with Crippen LogP contribution in [0, 0.1) is 0 Å². The molecule has 0 radical (unpaired) electrons. The van der Waals surface area contributed by atoms with Crippen molar-refractivity contribution in [1.82, 2.24) is 4.90 Å². The van der Waals surface area contributed by atoms with Crippen molar-refractivity contribution in [1.29, 1.82) is 0 Å². The zero-order valence-electron chi connectivity index (χ0n) is 15.8. The summed E-state index contributed by atoms with van der Waals surface area (Å²) in [4.78, 5) is 3.71. The molecule has 2 aromatic carbocycles. The first kappa shape index (κ1) is 22.1. The van der Waals surface area contributed by atoms with Crippen molar-refractivity contribution in [2.45, 2.75) is 33.5 Å². The average Bonchev–Trinajstić information content (AvgIpc) is 2.68. The summed E-state index contributed by atoms with van der Waals surface area (Å²) in [6, 6.07) is 14.3. The molecule has 2 aromatic rings. The molecule has 0 heterocycles. The molecule has 0 amide bonds. The molecule has 2 nitrogen and oxygen atoms in total. The molecule has 27 heavy (non-hydrogen) atoms. The van der Waals surface area contributed by atoms with E-state index in [0.717, 1.165) is 30.8 Å². The van der Waals surface area contributed by atoms with E-state index in [1.165, 1.54) is 10.5 Å². The smallest absolute Gasteiger partial charge is 0.0595 e. The van der Waals surface area contributed by atoms with Crippen molar-refractivity contribution in [3.05, 3.63) is 91.7 Å². The van der Waals surface area contributed by atoms with Crippen molar-refractivity contribution >= 4 is 35.0 Å². The van der Waals surface area contributed by atoms with Gasteiger partial charge < -0.3 is 5.73 Å². The maximum atomic E-state index is 6.21. The van der Waals surface area contributed by atoms with E-state index in [0.29, 0.717) is 16.6 Å². The van der Waals surface area contributed by atoms with Crippen molar-refractivity contribution in [2.24, 2.45) is 5.73 Å². The van der Waals surface area contributed by atoms with E-state index in [9.17, 15) is 0 Å². The number of nitrogens with two attached hydrogens (primary N) is 1. The highest BCUT2D eigenvalue weighted by Crippen LogP contribution is 2.25. The highest BCUT2D eigenvalue weighted by molar-refractivity contribution is 8.05. The van der Waals surface area contributed by atoms with E-state index in [1.807, 2.05) is 25.1 Å². The molecule has 2 N–H and O–H groups in total. The first-order valence-electron chi connectivity index (χ1n) is 8.93. The van der Waals surface area contributed by atoms with Crippen LogP contribution in [0.25, 0.3) is 0 Å². The number of halogens is 2. The second-order valence-corrected chi connectivity index (χ2v) is 8.11. The fraction of sp³-hybridized carbons (Fsp3) is 0.273. The van der Waals surface area contributed by atoms with Gasteiger partial charge in [0.25, 0.3) is 0 Å². The lowest BCUT2D eigenvalue weighted by Gasteiger charge is -2.24. The van der Waals surface area contributed by atoms with Gasteiger partial charge in [0.2, 0.25) is 0 Å². The summed E-state index contributed by atoms with van der Waals surface area (Å²) in [7, 11) is 0. The monoisotopic (exact) mass is 420 g/mol. The minimum Gasteiger partial charge on any atom is -0.326 e. The van der Waals surface area contributed by atoms with Crippen LogP contribution in [0.5, 0.6) is 0 Å². The normalized spacial score (nSPS) is 12.3. The van der Waals surface area contributed by atoms with Crippen molar-refractivity contribution < 1.29 is 0 Å². The molecule has 0 aliphatic rings. The third-order valence-corrected chi connectivity index (χ3v) is 5.90. The number of rotatable bonds is 9. The Bertz CT molecular complexity index is 803. The van der Waals surface area contributed by atoms with Crippen LogP contribution in [0.4, 0.5) is 0 Å². The van der Waals surface area contributed by atoms with Gasteiger partial charge in [-0.15, -0.1) is 11.8 Å². The van der Waals surface area contributed by atoms with E-state index >= 15 is 0 Å². The Morgan fingerprint density at radius 1 is 1.00 bits per heavy atom. The molecule has 2 rings (SSSR count). The third-order valence-electron chi connectivity index (χ3n) is 4.08. The second-order valence-electron chi connectivity index (χ2n) is 6.26. The number of nitrogens with zero attached hydrogens (tertiary/aromatic N) is 1. The number of hydrogen-bond acceptors (Lipinski definition) is 3. The Labute approximate surface area is 177 Å². The van der Waals surface area contributed by atoms with Crippen LogP contribution in [0.15, 0.2) is 64.9 Å². The van der Waals surface area contributed by atoms with Gasteiger partial charge >= 0.3 is 0 Å². The number of allylic oxidation sites excluding steroid dienone is 2. The molecule has 144 valence electrons. The zero-order valence-corrected chi connectivity index (χ0v) is 18.1. The van der Waals surface area contributed by atoms with Gasteiger partial charge in [0.05, 0.1) is 10.0 Å². The van der Waals surface area contributed by atoms with Crippen LogP contribution in [0.2, 0.25) is 10.0 Å². The zero-order chi connectivity index (χ0) is 19.6. The molecule has 0 atom stereocenters. The Hall–Kier alpha value is -1.23. The van der Waals surface area contributed by atoms with Gasteiger partial charge in [-0.2, -0.15) is 0 Å². The first-order chi connectivity index (χ1) is 13.0. The van der Waals surface area contributed by atoms with Gasteiger partial charge in [0.15, 0.2) is 0 Å². The summed E-state index contributed by atoms with van der Waals surface area (Å²) in [6.45, 7) is 7.15. The fourth-order valence-electron chi connectivity index (χ4n) is 2.75. The van der Waals surface area contributed by atoms with E-state index in [-0.39, 0.29) is 0 Å². The molecule has 0 aliphatic carbocycles. The van der Waals surface area contributed by atoms with E-state index in [2.05, 4.69) is 53.6 Å². The third kappa shape index (κ3) is 7.36. The van der Waals surface area contributed by atoms with Gasteiger partial charge in [-0.3, -0.25) is 4.90 Å². The van der Waals surface area contributed by atoms with Crippen molar-refractivity contribution in [3.63, 3.8) is 0 Å². The van der Waals surface area contributed by atoms with Crippen molar-refractivity contribution in [2.75, 3.05) is 6.54 Å². The largest absolute Gasteiger partial charge is 0.326 e. The molecular weight excluding hydrogens is 395 g/mol. The first-order valence-corrected chi connectivity index (χ1v) is 10.6. The van der Waals surface area contributed by atoms with Gasteiger partial charge in [-0.25, -0.2) is 0 Å². The number of hydrogen-bond donors (Lipinski definition) is 1. The second kappa shape index (κ2) is 11.6. The van der Waals surface area contributed by atoms with Gasteiger partial charge in [-0.1, -0.05) is 65.7 Å². The molecular formula is C22H26Cl2N2S. The summed E-state index contributed by atoms with van der Waals surface area (Å²) >= 11 is 14.0. The van der Waals surface area contributed by atoms with Gasteiger partial charge in [0, 0.05) is 26.2 Å². The van der Waals surface area contributed by atoms with E-state index in [1.54, 1.807) is 11.8 Å². The van der Waals surface area contributed by atoms with E-state index in [4.69, 9.17) is 28.9 Å². The molecule has 5 heteroatoms. The quantitative estimate of drug-likeness (QED) is 0.493. The average molecular weight is 421 g/mol. The fourth-order valence-corrected chi connectivity index (χ4v) is 3.77. The number of thioether (sulfide) groups is 1. The maximum Gasteiger partial charge on any atom is 0.0595 e. The highest BCUT2D eigenvalue weighted by atomic mass is 35.5. The lowest BCUT2D eigenvalue weighted by molar-refractivity contribution is 0.284. The van der Waals surface area contributed by atoms with Gasteiger partial charge in [-0.05, 0) is 53.0 Å². The molecule has 0 bridgehead atoms. The predicted octanol–water partition coefficient (Wildman–Crippen LogP) is 6.62. The van der Waals surface area contributed by atoms with Crippen LogP contribution in [0.1, 0.15) is 30.5 Å². The predicted molar refractivity (Wildman–Crippen MR) is 121 cm³/mol. The Morgan fingerprint density at radius 2 is 1.70 bits per heavy atom. The highest BCUT2D eigenvalue weighted by Gasteiger charge is 2.11. The number of benzene rings is 2. The summed E-state index contributed by atoms with van der Waals surface area (Å²) in [5.74, 6) is 0. The van der Waals surface area contributed by atoms with Crippen LogP contribution >= 0.6 is 35.0 Å². The molecule has 0 fully saturated rings. The molecule has 0 spiro atoms. The minimum absolute atomic E-state index is 0.553. The lowest BCUT2D eigenvalue weighted by atomic mass is 10.1. The maximum absolute atomic E-state index is 6.21. The van der Waals surface area contributed by atoms with Crippen LogP contribution in [-0.2, 0) is 19.6 Å². The standard InChI is InChI=1S/C22H26Cl2N2S/c1-3-10-27-20(4-2)16-26(14-18-7-5-6-17(11-18)13-25)15-19-8-9-21(23)22(24)12-19/h3-12H,13-16,25H2,1-2H3/b10-3-,20-4-. The summed E-state index contributed by atoms with van der Waals surface area (Å²) in [5.41, 5.74) is 9.35. The summed E-state index contributed by atoms with van der Waals surface area (Å²) in [6.07, 6.45) is 4.23. The minimum atomic E-state index is 0.553. The Morgan fingerprint density at radius 3 is 2.33 bits per heavy atom. The Balaban J connectivity index is 2.21. The van der Waals surface area contributed by atoms with Crippen LogP contribution < -0.4 is 5.73 Å².